The van der Waals surface area contributed by atoms with E-state index >= 15 is 0 Å². The van der Waals surface area contributed by atoms with Crippen LogP contribution in [0.3, 0.4) is 0 Å². The molecule has 0 radical (unpaired) electrons. The number of allylic oxidation sites excluding steroid dienone is 2. The number of benzene rings is 1. The van der Waals surface area contributed by atoms with E-state index in [1.54, 1.807) is 11.1 Å². The van der Waals surface area contributed by atoms with Gasteiger partial charge in [-0.2, -0.15) is 0 Å². The zero-order valence-electron chi connectivity index (χ0n) is 18.2. The Labute approximate surface area is 173 Å². The summed E-state index contributed by atoms with van der Waals surface area (Å²) in [5.74, 6) is 5.91. The molecule has 3 aliphatic carbocycles. The minimum atomic E-state index is 0.859. The third-order valence-electron chi connectivity index (χ3n) is 8.04. The van der Waals surface area contributed by atoms with Crippen LogP contribution in [-0.2, 0) is 12.8 Å². The number of rotatable bonds is 6. The van der Waals surface area contributed by atoms with Gasteiger partial charge >= 0.3 is 0 Å². The molecule has 0 bridgehead atoms. The third-order valence-corrected chi connectivity index (χ3v) is 8.04. The first-order valence-electron chi connectivity index (χ1n) is 12.1. The normalized spacial score (nSPS) is 32.7. The summed E-state index contributed by atoms with van der Waals surface area (Å²) in [4.78, 5) is 0. The van der Waals surface area contributed by atoms with Gasteiger partial charge in [0, 0.05) is 0 Å². The second-order valence-electron chi connectivity index (χ2n) is 9.83. The highest BCUT2D eigenvalue weighted by Gasteiger charge is 2.38. The minimum absolute atomic E-state index is 0.859. The minimum Gasteiger partial charge on any atom is -0.494 e. The molecule has 3 aliphatic rings. The number of fused-ring (bicyclic) bond motifs is 2. The Balaban J connectivity index is 1.32. The number of hydrogen-bond acceptors (Lipinski definition) is 1. The molecule has 0 amide bonds. The lowest BCUT2D eigenvalue weighted by Crippen LogP contribution is -2.34. The lowest BCUT2D eigenvalue weighted by atomic mass is 9.61. The fourth-order valence-electron chi connectivity index (χ4n) is 6.42. The fourth-order valence-corrected chi connectivity index (χ4v) is 6.42. The highest BCUT2D eigenvalue weighted by Crippen LogP contribution is 2.48. The van der Waals surface area contributed by atoms with Gasteiger partial charge in [0.25, 0.3) is 0 Å². The van der Waals surface area contributed by atoms with Crippen molar-refractivity contribution in [2.45, 2.75) is 84.5 Å². The molecular formula is C27H40O. The van der Waals surface area contributed by atoms with E-state index in [0.29, 0.717) is 0 Å². The van der Waals surface area contributed by atoms with Crippen molar-refractivity contribution in [2.75, 3.05) is 6.61 Å². The van der Waals surface area contributed by atoms with Crippen molar-refractivity contribution in [3.05, 3.63) is 41.5 Å². The van der Waals surface area contributed by atoms with Crippen molar-refractivity contribution < 1.29 is 4.74 Å². The molecule has 1 aromatic rings. The summed E-state index contributed by atoms with van der Waals surface area (Å²) < 4.78 is 5.94. The smallest absolute Gasteiger partial charge is 0.119 e. The molecule has 0 aliphatic heterocycles. The molecule has 0 aromatic heterocycles. The molecule has 4 rings (SSSR count). The standard InChI is InChI=1S/C27H40O/c1-3-5-15-28-27-14-13-25-18-24(11-12-26(25)19-27)23-10-9-21-16-20(6-4-2)7-8-22(21)17-23/h4,6,13-14,19-24H,3,5,7-12,15-18H2,1-2H3/t20-,21-,22-,23?,24?/m1/s1. The summed E-state index contributed by atoms with van der Waals surface area (Å²) in [5, 5.41) is 0. The second-order valence-corrected chi connectivity index (χ2v) is 9.83. The van der Waals surface area contributed by atoms with Crippen LogP contribution in [0.2, 0.25) is 0 Å². The average Bonchev–Trinajstić information content (AvgIpc) is 2.73. The first-order chi connectivity index (χ1) is 13.8. The van der Waals surface area contributed by atoms with Crippen LogP contribution in [0.25, 0.3) is 0 Å². The summed E-state index contributed by atoms with van der Waals surface area (Å²) in [6, 6.07) is 6.92. The molecule has 5 atom stereocenters. The molecule has 0 spiro atoms. The van der Waals surface area contributed by atoms with Crippen molar-refractivity contribution in [1.29, 1.82) is 0 Å². The van der Waals surface area contributed by atoms with Gasteiger partial charge in [-0.15, -0.1) is 0 Å². The summed E-state index contributed by atoms with van der Waals surface area (Å²) in [7, 11) is 0. The highest BCUT2D eigenvalue weighted by atomic mass is 16.5. The van der Waals surface area contributed by atoms with E-state index in [0.717, 1.165) is 48.4 Å². The van der Waals surface area contributed by atoms with Crippen LogP contribution in [0.15, 0.2) is 30.4 Å². The van der Waals surface area contributed by atoms with E-state index in [-0.39, 0.29) is 0 Å². The monoisotopic (exact) mass is 380 g/mol. The molecular weight excluding hydrogens is 340 g/mol. The van der Waals surface area contributed by atoms with E-state index in [2.05, 4.69) is 44.2 Å². The van der Waals surface area contributed by atoms with Crippen LogP contribution in [0, 0.1) is 29.6 Å². The predicted molar refractivity (Wildman–Crippen MR) is 119 cm³/mol. The van der Waals surface area contributed by atoms with Crippen LogP contribution in [0.5, 0.6) is 5.75 Å². The lowest BCUT2D eigenvalue weighted by Gasteiger charge is -2.44. The van der Waals surface area contributed by atoms with Gasteiger partial charge in [-0.25, -0.2) is 0 Å². The Hall–Kier alpha value is -1.24. The van der Waals surface area contributed by atoms with Crippen molar-refractivity contribution in [1.82, 2.24) is 0 Å². The molecule has 1 aromatic carbocycles. The summed E-state index contributed by atoms with van der Waals surface area (Å²) >= 11 is 0. The lowest BCUT2D eigenvalue weighted by molar-refractivity contribution is 0.0810. The molecule has 1 nitrogen and oxygen atoms in total. The van der Waals surface area contributed by atoms with Crippen molar-refractivity contribution >= 4 is 0 Å². The highest BCUT2D eigenvalue weighted by molar-refractivity contribution is 5.37. The summed E-state index contributed by atoms with van der Waals surface area (Å²) in [5.41, 5.74) is 3.17. The number of hydrogen-bond donors (Lipinski definition) is 0. The molecule has 28 heavy (non-hydrogen) atoms. The van der Waals surface area contributed by atoms with E-state index in [1.165, 1.54) is 64.2 Å². The maximum absolute atomic E-state index is 5.94. The quantitative estimate of drug-likeness (QED) is 0.369. The number of aryl methyl sites for hydroxylation is 1. The number of ether oxygens (including phenoxy) is 1. The van der Waals surface area contributed by atoms with Crippen LogP contribution >= 0.6 is 0 Å². The van der Waals surface area contributed by atoms with Gasteiger partial charge in [0.05, 0.1) is 6.61 Å². The Bertz CT molecular complexity index is 660. The largest absolute Gasteiger partial charge is 0.494 e. The van der Waals surface area contributed by atoms with Crippen molar-refractivity contribution in [3.8, 4) is 5.75 Å². The molecule has 2 saturated carbocycles. The maximum atomic E-state index is 5.94. The summed E-state index contributed by atoms with van der Waals surface area (Å²) in [6.07, 6.45) is 20.0. The zero-order valence-corrected chi connectivity index (χ0v) is 18.2. The Morgan fingerprint density at radius 2 is 1.71 bits per heavy atom. The molecule has 2 unspecified atom stereocenters. The molecule has 0 heterocycles. The van der Waals surface area contributed by atoms with Gasteiger partial charge in [-0.05, 0) is 124 Å². The maximum Gasteiger partial charge on any atom is 0.119 e. The average molecular weight is 381 g/mol. The SMILES string of the molecule is CC=C[C@@H]1CC[C@@H]2CC(C3CCc4cc(OCCCC)ccc4C3)CC[C@@H]2C1. The first kappa shape index (κ1) is 20.0. The van der Waals surface area contributed by atoms with E-state index in [4.69, 9.17) is 4.74 Å². The predicted octanol–water partition coefficient (Wildman–Crippen LogP) is 7.38. The van der Waals surface area contributed by atoms with Crippen LogP contribution < -0.4 is 4.74 Å². The van der Waals surface area contributed by atoms with Gasteiger partial charge < -0.3 is 4.74 Å². The molecule has 1 heteroatoms. The van der Waals surface area contributed by atoms with Gasteiger partial charge in [0.1, 0.15) is 5.75 Å². The molecule has 154 valence electrons. The first-order valence-corrected chi connectivity index (χ1v) is 12.1. The topological polar surface area (TPSA) is 9.23 Å². The van der Waals surface area contributed by atoms with Gasteiger partial charge in [-0.3, -0.25) is 0 Å². The molecule has 0 N–H and O–H groups in total. The Kier molecular flexibility index (Phi) is 6.81. The van der Waals surface area contributed by atoms with E-state index in [9.17, 15) is 0 Å². The number of unbranched alkanes of at least 4 members (excludes halogenated alkanes) is 1. The van der Waals surface area contributed by atoms with Gasteiger partial charge in [0.15, 0.2) is 0 Å². The van der Waals surface area contributed by atoms with Crippen LogP contribution in [-0.4, -0.2) is 6.61 Å². The third kappa shape index (κ3) is 4.66. The van der Waals surface area contributed by atoms with Crippen LogP contribution in [0.1, 0.15) is 82.8 Å². The summed E-state index contributed by atoms with van der Waals surface area (Å²) in [6.45, 7) is 5.26. The molecule has 2 fully saturated rings. The second kappa shape index (κ2) is 9.51. The van der Waals surface area contributed by atoms with Crippen molar-refractivity contribution in [2.24, 2.45) is 29.6 Å². The fraction of sp³-hybridized carbons (Fsp3) is 0.704. The zero-order chi connectivity index (χ0) is 19.3. The van der Waals surface area contributed by atoms with E-state index < -0.39 is 0 Å². The van der Waals surface area contributed by atoms with E-state index in [1.807, 2.05) is 0 Å². The van der Waals surface area contributed by atoms with Crippen LogP contribution in [0.4, 0.5) is 0 Å². The van der Waals surface area contributed by atoms with Crippen molar-refractivity contribution in [3.63, 3.8) is 0 Å². The molecule has 0 saturated heterocycles. The van der Waals surface area contributed by atoms with Gasteiger partial charge in [0.2, 0.25) is 0 Å². The Morgan fingerprint density at radius 3 is 2.54 bits per heavy atom. The Morgan fingerprint density at radius 1 is 0.929 bits per heavy atom. The van der Waals surface area contributed by atoms with Gasteiger partial charge in [-0.1, -0.05) is 31.6 Å².